The maximum absolute atomic E-state index is 11.6. The molecule has 0 bridgehead atoms. The van der Waals surface area contributed by atoms with E-state index < -0.39 is 5.69 Å². The Kier molecular flexibility index (Phi) is 6.85. The zero-order chi connectivity index (χ0) is 16.7. The van der Waals surface area contributed by atoms with Crippen molar-refractivity contribution in [2.45, 2.75) is 20.3 Å². The lowest BCUT2D eigenvalue weighted by molar-refractivity contribution is 0.184. The van der Waals surface area contributed by atoms with Gasteiger partial charge in [-0.25, -0.2) is 4.79 Å². The van der Waals surface area contributed by atoms with Crippen LogP contribution in [0.1, 0.15) is 18.2 Å². The molecule has 6 nitrogen and oxygen atoms in total. The van der Waals surface area contributed by atoms with Gasteiger partial charge in [-0.15, -0.1) is 0 Å². The number of likely N-dealkylation sites (N-methyl/N-ethyl adjacent to an activating group) is 1. The summed E-state index contributed by atoms with van der Waals surface area (Å²) in [4.78, 5) is 27.6. The van der Waals surface area contributed by atoms with E-state index in [-0.39, 0.29) is 5.56 Å². The van der Waals surface area contributed by atoms with Crippen molar-refractivity contribution in [1.82, 2.24) is 14.5 Å². The van der Waals surface area contributed by atoms with E-state index in [0.717, 1.165) is 13.1 Å². The second-order valence-electron chi connectivity index (χ2n) is 5.21. The molecule has 0 saturated heterocycles. The van der Waals surface area contributed by atoms with Crippen LogP contribution in [0.5, 0.6) is 0 Å². The van der Waals surface area contributed by atoms with E-state index in [1.165, 1.54) is 4.57 Å². The molecule has 0 aromatic carbocycles. The summed E-state index contributed by atoms with van der Waals surface area (Å²) in [7, 11) is 3.67. The number of ether oxygens (including phenoxy) is 1. The average Bonchev–Trinajstić information content (AvgIpc) is 2.48. The number of rotatable bonds is 8. The number of nitrogens with zero attached hydrogens (tertiary/aromatic N) is 2. The molecule has 1 aromatic heterocycles. The lowest BCUT2D eigenvalue weighted by Crippen LogP contribution is -2.32. The molecular weight excluding hydrogens is 282 g/mol. The van der Waals surface area contributed by atoms with E-state index in [2.05, 4.69) is 23.4 Å². The minimum Gasteiger partial charge on any atom is -0.493 e. The fraction of sp³-hybridized carbons (Fsp3) is 0.500. The molecule has 22 heavy (non-hydrogen) atoms. The summed E-state index contributed by atoms with van der Waals surface area (Å²) in [5, 5.41) is 0. The second-order valence-corrected chi connectivity index (χ2v) is 5.21. The molecule has 0 atom stereocenters. The zero-order valence-corrected chi connectivity index (χ0v) is 13.8. The summed E-state index contributed by atoms with van der Waals surface area (Å²) < 4.78 is 6.95. The SMILES string of the molecule is C=C(/C=C\Cc1c(C)c(=O)[nH]c(=O)n1C)OCCN(C)CC. The molecule has 0 saturated carbocycles. The van der Waals surface area contributed by atoms with Crippen molar-refractivity contribution < 1.29 is 4.74 Å². The van der Waals surface area contributed by atoms with E-state index in [0.29, 0.717) is 30.0 Å². The molecule has 1 N–H and O–H groups in total. The summed E-state index contributed by atoms with van der Waals surface area (Å²) in [6.07, 6.45) is 4.07. The van der Waals surface area contributed by atoms with Crippen molar-refractivity contribution in [2.75, 3.05) is 26.7 Å². The van der Waals surface area contributed by atoms with E-state index >= 15 is 0 Å². The predicted molar refractivity (Wildman–Crippen MR) is 88.1 cm³/mol. The van der Waals surface area contributed by atoms with Crippen LogP contribution in [-0.2, 0) is 18.2 Å². The molecule has 1 rings (SSSR count). The number of aromatic nitrogens is 2. The third-order valence-corrected chi connectivity index (χ3v) is 3.62. The maximum atomic E-state index is 11.6. The first-order chi connectivity index (χ1) is 10.4. The van der Waals surface area contributed by atoms with Crippen LogP contribution in [0, 0.1) is 6.92 Å². The van der Waals surface area contributed by atoms with E-state index in [1.807, 2.05) is 13.1 Å². The zero-order valence-electron chi connectivity index (χ0n) is 13.8. The highest BCUT2D eigenvalue weighted by molar-refractivity contribution is 5.20. The molecule has 0 aliphatic carbocycles. The largest absolute Gasteiger partial charge is 0.493 e. The van der Waals surface area contributed by atoms with Crippen molar-refractivity contribution in [1.29, 1.82) is 0 Å². The minimum atomic E-state index is -0.406. The standard InChI is InChI=1S/C16H25N3O3/c1-6-18(4)10-11-22-12(2)8-7-9-14-13(3)15(20)17-16(21)19(14)5/h7-8H,2,6,9-11H2,1,3-5H3,(H,17,20,21)/b8-7-. The average molecular weight is 307 g/mol. The summed E-state index contributed by atoms with van der Waals surface area (Å²) >= 11 is 0. The molecule has 0 unspecified atom stereocenters. The van der Waals surface area contributed by atoms with Gasteiger partial charge in [0.25, 0.3) is 5.56 Å². The summed E-state index contributed by atoms with van der Waals surface area (Å²) in [5.41, 5.74) is 0.479. The number of hydrogen-bond acceptors (Lipinski definition) is 4. The van der Waals surface area contributed by atoms with Crippen molar-refractivity contribution in [2.24, 2.45) is 7.05 Å². The van der Waals surface area contributed by atoms with Crippen LogP contribution in [0.2, 0.25) is 0 Å². The molecular formula is C16H25N3O3. The first-order valence-corrected chi connectivity index (χ1v) is 7.32. The first kappa shape index (κ1) is 18.0. The Bertz CT molecular complexity index is 621. The van der Waals surface area contributed by atoms with Gasteiger partial charge in [-0.2, -0.15) is 0 Å². The molecule has 0 spiro atoms. The molecule has 122 valence electrons. The van der Waals surface area contributed by atoms with E-state index in [1.54, 1.807) is 20.0 Å². The molecule has 0 radical (unpaired) electrons. The fourth-order valence-corrected chi connectivity index (χ4v) is 1.91. The number of nitrogens with one attached hydrogen (secondary N) is 1. The highest BCUT2D eigenvalue weighted by atomic mass is 16.5. The Morgan fingerprint density at radius 2 is 2.14 bits per heavy atom. The van der Waals surface area contributed by atoms with Crippen LogP contribution in [0.3, 0.4) is 0 Å². The number of H-pyrrole nitrogens is 1. The van der Waals surface area contributed by atoms with Gasteiger partial charge in [-0.1, -0.05) is 19.6 Å². The number of aromatic amines is 1. The molecule has 0 amide bonds. The van der Waals surface area contributed by atoms with Gasteiger partial charge in [0.1, 0.15) is 12.4 Å². The van der Waals surface area contributed by atoms with Crippen LogP contribution in [0.15, 0.2) is 34.1 Å². The Labute approximate surface area is 130 Å². The molecule has 0 aliphatic heterocycles. The van der Waals surface area contributed by atoms with Crippen molar-refractivity contribution in [3.05, 3.63) is 56.6 Å². The maximum Gasteiger partial charge on any atom is 0.328 e. The fourth-order valence-electron chi connectivity index (χ4n) is 1.91. The summed E-state index contributed by atoms with van der Waals surface area (Å²) in [6.45, 7) is 10.0. The lowest BCUT2D eigenvalue weighted by Gasteiger charge is -2.14. The monoisotopic (exact) mass is 307 g/mol. The molecule has 0 fully saturated rings. The third kappa shape index (κ3) is 5.04. The highest BCUT2D eigenvalue weighted by Gasteiger charge is 2.06. The van der Waals surface area contributed by atoms with Gasteiger partial charge < -0.3 is 14.2 Å². The first-order valence-electron chi connectivity index (χ1n) is 7.32. The van der Waals surface area contributed by atoms with Gasteiger partial charge in [0.2, 0.25) is 0 Å². The lowest BCUT2D eigenvalue weighted by atomic mass is 10.2. The minimum absolute atomic E-state index is 0.343. The van der Waals surface area contributed by atoms with Gasteiger partial charge >= 0.3 is 5.69 Å². The Morgan fingerprint density at radius 3 is 2.77 bits per heavy atom. The van der Waals surface area contributed by atoms with Crippen LogP contribution in [0.4, 0.5) is 0 Å². The highest BCUT2D eigenvalue weighted by Crippen LogP contribution is 2.03. The smallest absolute Gasteiger partial charge is 0.328 e. The van der Waals surface area contributed by atoms with Gasteiger partial charge in [-0.3, -0.25) is 9.78 Å². The Balaban J connectivity index is 2.61. The van der Waals surface area contributed by atoms with E-state index in [4.69, 9.17) is 4.74 Å². The normalized spacial score (nSPS) is 11.3. The molecule has 1 aromatic rings. The quantitative estimate of drug-likeness (QED) is 0.574. The van der Waals surface area contributed by atoms with Gasteiger partial charge in [-0.05, 0) is 26.6 Å². The topological polar surface area (TPSA) is 67.3 Å². The number of hydrogen-bond donors (Lipinski definition) is 1. The van der Waals surface area contributed by atoms with Crippen LogP contribution < -0.4 is 11.2 Å². The second kappa shape index (κ2) is 8.38. The van der Waals surface area contributed by atoms with Crippen molar-refractivity contribution in [3.63, 3.8) is 0 Å². The van der Waals surface area contributed by atoms with Gasteiger partial charge in [0, 0.05) is 31.3 Å². The Morgan fingerprint density at radius 1 is 1.45 bits per heavy atom. The Hall–Kier alpha value is -2.08. The number of allylic oxidation sites excluding steroid dienone is 2. The van der Waals surface area contributed by atoms with Gasteiger partial charge in [0.15, 0.2) is 0 Å². The van der Waals surface area contributed by atoms with Crippen molar-refractivity contribution in [3.8, 4) is 0 Å². The van der Waals surface area contributed by atoms with Gasteiger partial charge in [0.05, 0.1) is 0 Å². The molecule has 6 heteroatoms. The molecule has 1 heterocycles. The van der Waals surface area contributed by atoms with E-state index in [9.17, 15) is 9.59 Å². The third-order valence-electron chi connectivity index (χ3n) is 3.62. The predicted octanol–water partition coefficient (Wildman–Crippen LogP) is 0.963. The van der Waals surface area contributed by atoms with Crippen LogP contribution >= 0.6 is 0 Å². The summed E-state index contributed by atoms with van der Waals surface area (Å²) in [5.74, 6) is 0.567. The van der Waals surface area contributed by atoms with Crippen LogP contribution in [0.25, 0.3) is 0 Å². The van der Waals surface area contributed by atoms with Crippen molar-refractivity contribution >= 4 is 0 Å². The van der Waals surface area contributed by atoms with Crippen LogP contribution in [-0.4, -0.2) is 41.2 Å². The molecule has 0 aliphatic rings. The summed E-state index contributed by atoms with van der Waals surface area (Å²) in [6, 6.07) is 0.